The highest BCUT2D eigenvalue weighted by Crippen LogP contribution is 2.32. The molecule has 4 rings (SSSR count). The summed E-state index contributed by atoms with van der Waals surface area (Å²) in [6.45, 7) is 2.63. The van der Waals surface area contributed by atoms with Crippen molar-refractivity contribution in [1.29, 1.82) is 0 Å². The summed E-state index contributed by atoms with van der Waals surface area (Å²) >= 11 is 0. The van der Waals surface area contributed by atoms with E-state index in [4.69, 9.17) is 4.74 Å². The van der Waals surface area contributed by atoms with Crippen molar-refractivity contribution in [2.45, 2.75) is 19.8 Å². The van der Waals surface area contributed by atoms with E-state index in [2.05, 4.69) is 5.32 Å². The zero-order chi connectivity index (χ0) is 27.2. The predicted octanol–water partition coefficient (Wildman–Crippen LogP) is 8.42. The van der Waals surface area contributed by atoms with Gasteiger partial charge in [-0.15, -0.1) is 0 Å². The summed E-state index contributed by atoms with van der Waals surface area (Å²) in [5, 5.41) is 12.4. The molecule has 5 nitrogen and oxygen atoms in total. The highest BCUT2D eigenvalue weighted by atomic mass is 19.2. The van der Waals surface area contributed by atoms with Crippen molar-refractivity contribution >= 4 is 28.7 Å². The second-order valence-corrected chi connectivity index (χ2v) is 8.47. The number of ether oxygens (including phenoxy) is 1. The van der Waals surface area contributed by atoms with E-state index in [9.17, 15) is 27.5 Å². The molecular weight excluding hydrogens is 500 g/mol. The van der Waals surface area contributed by atoms with Gasteiger partial charge in [-0.3, -0.25) is 0 Å². The first-order chi connectivity index (χ1) is 18.2. The number of carboxylic acid groups (broad SMARTS) is 1. The van der Waals surface area contributed by atoms with Crippen molar-refractivity contribution in [2.75, 3.05) is 16.8 Å². The lowest BCUT2D eigenvalue weighted by Gasteiger charge is -2.25. The summed E-state index contributed by atoms with van der Waals surface area (Å²) in [6.07, 6.45) is 1.74. The molecule has 0 heterocycles. The van der Waals surface area contributed by atoms with E-state index in [0.29, 0.717) is 18.0 Å². The molecule has 4 aromatic rings. The molecule has 0 radical (unpaired) electrons. The van der Waals surface area contributed by atoms with E-state index in [1.807, 2.05) is 11.8 Å². The van der Waals surface area contributed by atoms with Gasteiger partial charge >= 0.3 is 5.97 Å². The number of carboxylic acids is 1. The lowest BCUT2D eigenvalue weighted by Crippen LogP contribution is -2.18. The number of hydrogen-bond donors (Lipinski definition) is 2. The largest absolute Gasteiger partial charge is 0.478 e. The zero-order valence-electron chi connectivity index (χ0n) is 20.3. The molecule has 2 N–H and O–H groups in total. The highest BCUT2D eigenvalue weighted by Gasteiger charge is 2.15. The number of anilines is 4. The van der Waals surface area contributed by atoms with Crippen molar-refractivity contribution in [3.63, 3.8) is 0 Å². The molecule has 0 aromatic heterocycles. The Morgan fingerprint density at radius 2 is 1.42 bits per heavy atom. The predicted molar refractivity (Wildman–Crippen MR) is 138 cm³/mol. The normalized spacial score (nSPS) is 10.8. The number of nitrogens with zero attached hydrogens (tertiary/aromatic N) is 1. The van der Waals surface area contributed by atoms with Gasteiger partial charge in [-0.05, 0) is 73.2 Å². The van der Waals surface area contributed by atoms with Gasteiger partial charge in [-0.2, -0.15) is 0 Å². The van der Waals surface area contributed by atoms with E-state index < -0.39 is 29.2 Å². The fourth-order valence-corrected chi connectivity index (χ4v) is 3.81. The zero-order valence-corrected chi connectivity index (χ0v) is 20.3. The summed E-state index contributed by atoms with van der Waals surface area (Å²) in [5.74, 6) is -4.49. The maximum absolute atomic E-state index is 13.9. The average Bonchev–Trinajstić information content (AvgIpc) is 2.90. The van der Waals surface area contributed by atoms with Crippen LogP contribution in [-0.4, -0.2) is 17.6 Å². The first-order valence-electron chi connectivity index (χ1n) is 11.8. The van der Waals surface area contributed by atoms with Gasteiger partial charge in [0, 0.05) is 35.7 Å². The molecule has 38 heavy (non-hydrogen) atoms. The van der Waals surface area contributed by atoms with Crippen molar-refractivity contribution < 1.29 is 32.2 Å². The molecule has 4 aromatic carbocycles. The Morgan fingerprint density at radius 1 is 0.789 bits per heavy atom. The van der Waals surface area contributed by atoms with Gasteiger partial charge in [0.15, 0.2) is 23.3 Å². The average molecular weight is 525 g/mol. The standard InChI is InChI=1S/C29H24F4N2O3/c1-2-3-14-35(20-7-12-25(31)27(33)16-20)19-5-8-21(9-6-19)38-22-10-13-28(23(17-22)29(36)37)34-18-4-11-24(30)26(32)15-18/h4-13,15-17,34H,2-3,14H2,1H3,(H,36,37). The molecule has 0 amide bonds. The van der Waals surface area contributed by atoms with Gasteiger partial charge in [-0.1, -0.05) is 13.3 Å². The van der Waals surface area contributed by atoms with Gasteiger partial charge < -0.3 is 20.1 Å². The fraction of sp³-hybridized carbons (Fsp3) is 0.138. The van der Waals surface area contributed by atoms with Crippen molar-refractivity contribution in [1.82, 2.24) is 0 Å². The van der Waals surface area contributed by atoms with Gasteiger partial charge in [0.25, 0.3) is 0 Å². The Bertz CT molecular complexity index is 1440. The first-order valence-corrected chi connectivity index (χ1v) is 11.8. The molecule has 0 saturated heterocycles. The number of rotatable bonds is 10. The lowest BCUT2D eigenvalue weighted by molar-refractivity contribution is 0.0697. The molecule has 0 aliphatic heterocycles. The van der Waals surface area contributed by atoms with Crippen LogP contribution in [0.25, 0.3) is 0 Å². The molecule has 0 bridgehead atoms. The van der Waals surface area contributed by atoms with Crippen LogP contribution >= 0.6 is 0 Å². The Morgan fingerprint density at radius 3 is 2.05 bits per heavy atom. The maximum atomic E-state index is 13.9. The molecule has 0 saturated carbocycles. The Hall–Kier alpha value is -4.53. The van der Waals surface area contributed by atoms with E-state index in [0.717, 1.165) is 42.8 Å². The minimum atomic E-state index is -1.24. The summed E-state index contributed by atoms with van der Waals surface area (Å²) in [7, 11) is 0. The Kier molecular flexibility index (Phi) is 8.15. The quantitative estimate of drug-likeness (QED) is 0.204. The number of halogens is 4. The lowest BCUT2D eigenvalue weighted by atomic mass is 10.1. The van der Waals surface area contributed by atoms with E-state index in [-0.39, 0.29) is 22.7 Å². The molecular formula is C29H24F4N2O3. The van der Waals surface area contributed by atoms with Crippen LogP contribution in [0.2, 0.25) is 0 Å². The monoisotopic (exact) mass is 524 g/mol. The Labute approximate surface area is 216 Å². The second-order valence-electron chi connectivity index (χ2n) is 8.47. The van der Waals surface area contributed by atoms with Crippen LogP contribution in [0.15, 0.2) is 78.9 Å². The molecule has 196 valence electrons. The summed E-state index contributed by atoms with van der Waals surface area (Å²) in [5.41, 5.74) is 1.48. The Balaban J connectivity index is 1.54. The van der Waals surface area contributed by atoms with Crippen LogP contribution in [0.3, 0.4) is 0 Å². The third kappa shape index (κ3) is 6.23. The molecule has 0 spiro atoms. The number of hydrogen-bond acceptors (Lipinski definition) is 4. The van der Waals surface area contributed by atoms with Crippen LogP contribution in [0, 0.1) is 23.3 Å². The second kappa shape index (κ2) is 11.7. The maximum Gasteiger partial charge on any atom is 0.337 e. The van der Waals surface area contributed by atoms with Gasteiger partial charge in [-0.25, -0.2) is 22.4 Å². The van der Waals surface area contributed by atoms with Gasteiger partial charge in [0.1, 0.15) is 11.5 Å². The third-order valence-electron chi connectivity index (χ3n) is 5.75. The highest BCUT2D eigenvalue weighted by molar-refractivity contribution is 5.95. The third-order valence-corrected chi connectivity index (χ3v) is 5.75. The van der Waals surface area contributed by atoms with Crippen LogP contribution in [0.5, 0.6) is 11.5 Å². The molecule has 0 aliphatic rings. The van der Waals surface area contributed by atoms with Crippen LogP contribution in [-0.2, 0) is 0 Å². The van der Waals surface area contributed by atoms with Crippen LogP contribution in [0.1, 0.15) is 30.1 Å². The summed E-state index contributed by atoms with van der Waals surface area (Å²) < 4.78 is 59.9. The summed E-state index contributed by atoms with van der Waals surface area (Å²) in [4.78, 5) is 13.7. The number of aromatic carboxylic acids is 1. The fourth-order valence-electron chi connectivity index (χ4n) is 3.81. The molecule has 0 aliphatic carbocycles. The molecule has 9 heteroatoms. The molecule has 0 fully saturated rings. The topological polar surface area (TPSA) is 61.8 Å². The van der Waals surface area contributed by atoms with Crippen molar-refractivity contribution in [3.8, 4) is 11.5 Å². The smallest absolute Gasteiger partial charge is 0.337 e. The van der Waals surface area contributed by atoms with E-state index >= 15 is 0 Å². The van der Waals surface area contributed by atoms with Crippen LogP contribution < -0.4 is 15.0 Å². The first kappa shape index (κ1) is 26.5. The molecule has 0 unspecified atom stereocenters. The number of unbranched alkanes of at least 4 members (excludes halogenated alkanes) is 1. The van der Waals surface area contributed by atoms with E-state index in [1.165, 1.54) is 30.3 Å². The number of carbonyl (C=O) groups is 1. The minimum absolute atomic E-state index is 0.132. The van der Waals surface area contributed by atoms with Crippen molar-refractivity contribution in [2.24, 2.45) is 0 Å². The molecule has 0 atom stereocenters. The van der Waals surface area contributed by atoms with E-state index in [1.54, 1.807) is 24.3 Å². The number of benzene rings is 4. The van der Waals surface area contributed by atoms with Crippen molar-refractivity contribution in [3.05, 3.63) is 108 Å². The van der Waals surface area contributed by atoms with Crippen LogP contribution in [0.4, 0.5) is 40.3 Å². The SMILES string of the molecule is CCCCN(c1ccc(Oc2ccc(Nc3ccc(F)c(F)c3)c(C(=O)O)c2)cc1)c1ccc(F)c(F)c1. The summed E-state index contributed by atoms with van der Waals surface area (Å²) in [6, 6.07) is 18.1. The minimum Gasteiger partial charge on any atom is -0.478 e. The van der Waals surface area contributed by atoms with Gasteiger partial charge in [0.05, 0.1) is 11.3 Å². The number of nitrogens with one attached hydrogen (secondary N) is 1. The van der Waals surface area contributed by atoms with Gasteiger partial charge in [0.2, 0.25) is 0 Å².